The molecule has 1 amide bonds. The molecule has 1 aliphatic heterocycles. The molecule has 0 saturated heterocycles. The van der Waals surface area contributed by atoms with E-state index in [0.29, 0.717) is 32.0 Å². The van der Waals surface area contributed by atoms with E-state index in [2.05, 4.69) is 18.8 Å². The molecule has 0 unspecified atom stereocenters. The minimum absolute atomic E-state index is 0.129. The second-order valence-corrected chi connectivity index (χ2v) is 5.72. The van der Waals surface area contributed by atoms with Crippen molar-refractivity contribution in [2.45, 2.75) is 46.1 Å². The summed E-state index contributed by atoms with van der Waals surface area (Å²) in [5.41, 5.74) is 0.931. The van der Waals surface area contributed by atoms with Gasteiger partial charge in [-0.1, -0.05) is 13.8 Å². The van der Waals surface area contributed by atoms with Crippen molar-refractivity contribution in [1.29, 1.82) is 0 Å². The topological polar surface area (TPSA) is 55.6 Å². The normalized spacial score (nSPS) is 14.7. The van der Waals surface area contributed by atoms with Crippen LogP contribution in [0.3, 0.4) is 0 Å². The number of nitrogens with zero attached hydrogens (tertiary/aromatic N) is 2. The maximum Gasteiger partial charge on any atom is 0.225 e. The Morgan fingerprint density at radius 2 is 2.30 bits per heavy atom. The lowest BCUT2D eigenvalue weighted by Gasteiger charge is -2.25. The summed E-state index contributed by atoms with van der Waals surface area (Å²) >= 11 is 0. The molecular weight excluding hydrogens is 256 g/mol. The molecule has 0 spiro atoms. The van der Waals surface area contributed by atoms with E-state index in [-0.39, 0.29) is 5.91 Å². The van der Waals surface area contributed by atoms with Gasteiger partial charge in [-0.3, -0.25) is 4.79 Å². The zero-order valence-corrected chi connectivity index (χ0v) is 12.6. The van der Waals surface area contributed by atoms with Crippen LogP contribution in [0, 0.1) is 5.92 Å². The van der Waals surface area contributed by atoms with Gasteiger partial charge >= 0.3 is 0 Å². The predicted molar refractivity (Wildman–Crippen MR) is 75.3 cm³/mol. The molecule has 2 rings (SSSR count). The van der Waals surface area contributed by atoms with Crippen molar-refractivity contribution in [2.75, 3.05) is 20.3 Å². The minimum atomic E-state index is 0.129. The third-order valence-electron chi connectivity index (χ3n) is 3.58. The molecule has 5 nitrogen and oxygen atoms in total. The highest BCUT2D eigenvalue weighted by atomic mass is 16.5. The fraction of sp³-hybridized carbons (Fsp3) is 0.733. The number of carbonyl (C=O) groups excluding carboxylic acids is 1. The first-order valence-electron chi connectivity index (χ1n) is 7.34. The van der Waals surface area contributed by atoms with Crippen LogP contribution in [-0.2, 0) is 28.9 Å². The van der Waals surface area contributed by atoms with Crippen LogP contribution in [-0.4, -0.2) is 36.1 Å². The summed E-state index contributed by atoms with van der Waals surface area (Å²) in [4.78, 5) is 18.4. The van der Waals surface area contributed by atoms with Crippen LogP contribution in [0.4, 0.5) is 0 Å². The number of hydrogen-bond donors (Lipinski definition) is 0. The summed E-state index contributed by atoms with van der Waals surface area (Å²) in [6.45, 7) is 6.15. The number of ether oxygens (including phenoxy) is 1. The summed E-state index contributed by atoms with van der Waals surface area (Å²) in [7, 11) is 1.61. The molecule has 1 aromatic heterocycles. The van der Waals surface area contributed by atoms with Crippen molar-refractivity contribution in [3.05, 3.63) is 17.3 Å². The van der Waals surface area contributed by atoms with E-state index < -0.39 is 0 Å². The Bertz CT molecular complexity index is 454. The molecule has 1 aromatic rings. The number of hydrogen-bond acceptors (Lipinski definition) is 4. The lowest BCUT2D eigenvalue weighted by molar-refractivity contribution is -0.133. The van der Waals surface area contributed by atoms with E-state index in [1.807, 2.05) is 4.90 Å². The van der Waals surface area contributed by atoms with Gasteiger partial charge in [0.25, 0.3) is 0 Å². The Morgan fingerprint density at radius 1 is 1.50 bits per heavy atom. The molecule has 0 aromatic carbocycles. The molecule has 0 fully saturated rings. The van der Waals surface area contributed by atoms with Crippen LogP contribution in [0.5, 0.6) is 0 Å². The van der Waals surface area contributed by atoms with Crippen molar-refractivity contribution in [2.24, 2.45) is 5.92 Å². The maximum absolute atomic E-state index is 12.0. The number of carbonyl (C=O) groups is 1. The fourth-order valence-corrected chi connectivity index (χ4v) is 2.33. The van der Waals surface area contributed by atoms with Crippen molar-refractivity contribution in [3.8, 4) is 0 Å². The monoisotopic (exact) mass is 280 g/mol. The van der Waals surface area contributed by atoms with Crippen LogP contribution in [0.2, 0.25) is 0 Å². The SMILES string of the molecule is COCCC(=O)N1CCc2oc(CCC(C)C)nc2C1. The van der Waals surface area contributed by atoms with Gasteiger partial charge in [0.2, 0.25) is 5.91 Å². The van der Waals surface area contributed by atoms with Crippen molar-refractivity contribution >= 4 is 5.91 Å². The zero-order valence-electron chi connectivity index (χ0n) is 12.6. The van der Waals surface area contributed by atoms with Crippen LogP contribution in [0.15, 0.2) is 4.42 Å². The standard InChI is InChI=1S/C15H24N2O3/c1-11(2)4-5-14-16-12-10-17(8-6-13(12)20-14)15(18)7-9-19-3/h11H,4-10H2,1-3H3. The Hall–Kier alpha value is -1.36. The van der Waals surface area contributed by atoms with E-state index in [0.717, 1.165) is 36.6 Å². The van der Waals surface area contributed by atoms with Gasteiger partial charge in [0, 0.05) is 26.5 Å². The third-order valence-corrected chi connectivity index (χ3v) is 3.58. The van der Waals surface area contributed by atoms with Gasteiger partial charge < -0.3 is 14.1 Å². The van der Waals surface area contributed by atoms with Crippen molar-refractivity contribution < 1.29 is 13.9 Å². The number of aryl methyl sites for hydroxylation is 1. The Morgan fingerprint density at radius 3 is 3.00 bits per heavy atom. The van der Waals surface area contributed by atoms with E-state index in [9.17, 15) is 4.79 Å². The Balaban J connectivity index is 1.94. The van der Waals surface area contributed by atoms with Gasteiger partial charge in [0.1, 0.15) is 11.5 Å². The van der Waals surface area contributed by atoms with Gasteiger partial charge in [-0.15, -0.1) is 0 Å². The van der Waals surface area contributed by atoms with Gasteiger partial charge in [0.15, 0.2) is 5.89 Å². The van der Waals surface area contributed by atoms with Crippen molar-refractivity contribution in [1.82, 2.24) is 9.88 Å². The smallest absolute Gasteiger partial charge is 0.225 e. The minimum Gasteiger partial charge on any atom is -0.445 e. The molecule has 2 heterocycles. The van der Waals surface area contributed by atoms with Crippen LogP contribution in [0.25, 0.3) is 0 Å². The Kier molecular flexibility index (Phi) is 5.17. The second-order valence-electron chi connectivity index (χ2n) is 5.72. The summed E-state index contributed by atoms with van der Waals surface area (Å²) in [6, 6.07) is 0. The average molecular weight is 280 g/mol. The molecule has 0 atom stereocenters. The summed E-state index contributed by atoms with van der Waals surface area (Å²) < 4.78 is 10.7. The third kappa shape index (κ3) is 3.82. The number of rotatable bonds is 6. The molecule has 0 saturated carbocycles. The lowest BCUT2D eigenvalue weighted by atomic mass is 10.1. The first-order valence-corrected chi connectivity index (χ1v) is 7.34. The quantitative estimate of drug-likeness (QED) is 0.801. The van der Waals surface area contributed by atoms with E-state index in [4.69, 9.17) is 9.15 Å². The second kappa shape index (κ2) is 6.88. The summed E-state index contributed by atoms with van der Waals surface area (Å²) in [6.07, 6.45) is 3.16. The molecule has 0 N–H and O–H groups in total. The summed E-state index contributed by atoms with van der Waals surface area (Å²) in [5, 5.41) is 0. The van der Waals surface area contributed by atoms with Crippen LogP contribution in [0.1, 0.15) is 44.0 Å². The van der Waals surface area contributed by atoms with Gasteiger partial charge in [-0.25, -0.2) is 4.98 Å². The van der Waals surface area contributed by atoms with E-state index in [1.54, 1.807) is 7.11 Å². The lowest BCUT2D eigenvalue weighted by Crippen LogP contribution is -2.36. The predicted octanol–water partition coefficient (Wildman–Crippen LogP) is 2.18. The first kappa shape index (κ1) is 15.0. The molecule has 5 heteroatoms. The average Bonchev–Trinajstić information content (AvgIpc) is 2.84. The number of aromatic nitrogens is 1. The molecule has 1 aliphatic rings. The maximum atomic E-state index is 12.0. The Labute approximate surface area is 120 Å². The first-order chi connectivity index (χ1) is 9.60. The highest BCUT2D eigenvalue weighted by molar-refractivity contribution is 5.76. The van der Waals surface area contributed by atoms with Crippen molar-refractivity contribution in [3.63, 3.8) is 0 Å². The van der Waals surface area contributed by atoms with Gasteiger partial charge in [-0.2, -0.15) is 0 Å². The highest BCUT2D eigenvalue weighted by Gasteiger charge is 2.25. The molecule has 0 aliphatic carbocycles. The van der Waals surface area contributed by atoms with Crippen LogP contribution < -0.4 is 0 Å². The number of oxazole rings is 1. The van der Waals surface area contributed by atoms with Gasteiger partial charge in [-0.05, 0) is 12.3 Å². The molecular formula is C15H24N2O3. The highest BCUT2D eigenvalue weighted by Crippen LogP contribution is 2.21. The zero-order chi connectivity index (χ0) is 14.5. The molecule has 112 valence electrons. The fourth-order valence-electron chi connectivity index (χ4n) is 2.33. The molecule has 0 bridgehead atoms. The van der Waals surface area contributed by atoms with E-state index >= 15 is 0 Å². The largest absolute Gasteiger partial charge is 0.445 e. The molecule has 0 radical (unpaired) electrons. The number of fused-ring (bicyclic) bond motifs is 1. The summed E-state index contributed by atoms with van der Waals surface area (Å²) in [5.74, 6) is 2.55. The molecule has 20 heavy (non-hydrogen) atoms. The van der Waals surface area contributed by atoms with Crippen LogP contribution >= 0.6 is 0 Å². The van der Waals surface area contributed by atoms with E-state index in [1.165, 1.54) is 0 Å². The number of methoxy groups -OCH3 is 1. The number of amides is 1. The van der Waals surface area contributed by atoms with Gasteiger partial charge in [0.05, 0.1) is 19.6 Å².